The maximum absolute atomic E-state index is 11.7. The van der Waals surface area contributed by atoms with E-state index in [9.17, 15) is 9.90 Å². The van der Waals surface area contributed by atoms with Crippen LogP contribution in [0, 0.1) is 11.3 Å². The van der Waals surface area contributed by atoms with Crippen molar-refractivity contribution in [3.8, 4) is 0 Å². The van der Waals surface area contributed by atoms with Gasteiger partial charge in [-0.25, -0.2) is 0 Å². The van der Waals surface area contributed by atoms with Crippen molar-refractivity contribution >= 4 is 5.91 Å². The Morgan fingerprint density at radius 1 is 1.50 bits per heavy atom. The monoisotopic (exact) mass is 256 g/mol. The smallest absolute Gasteiger partial charge is 0.220 e. The number of carbonyl (C=O) groups is 1. The lowest BCUT2D eigenvalue weighted by atomic mass is 9.89. The molecular formula is C14H28N2O2. The zero-order chi connectivity index (χ0) is 13.6. The molecule has 1 heterocycles. The van der Waals surface area contributed by atoms with Crippen LogP contribution in [0.15, 0.2) is 0 Å². The Labute approximate surface area is 111 Å². The topological polar surface area (TPSA) is 61.4 Å². The molecule has 4 heteroatoms. The summed E-state index contributed by atoms with van der Waals surface area (Å²) in [7, 11) is 0. The highest BCUT2D eigenvalue weighted by Crippen LogP contribution is 2.20. The molecule has 1 fully saturated rings. The Balaban J connectivity index is 2.16. The molecule has 106 valence electrons. The second-order valence-electron chi connectivity index (χ2n) is 6.64. The molecule has 0 radical (unpaired) electrons. The van der Waals surface area contributed by atoms with Gasteiger partial charge in [0, 0.05) is 13.0 Å². The van der Waals surface area contributed by atoms with Gasteiger partial charge >= 0.3 is 0 Å². The second-order valence-corrected chi connectivity index (χ2v) is 6.64. The summed E-state index contributed by atoms with van der Waals surface area (Å²) in [6, 6.07) is 0. The number of carbonyl (C=O) groups excluding carboxylic acids is 1. The molecule has 2 unspecified atom stereocenters. The van der Waals surface area contributed by atoms with E-state index in [4.69, 9.17) is 0 Å². The van der Waals surface area contributed by atoms with Crippen molar-refractivity contribution in [2.45, 2.75) is 52.6 Å². The van der Waals surface area contributed by atoms with Crippen molar-refractivity contribution in [2.75, 3.05) is 19.6 Å². The number of nitrogens with one attached hydrogen (secondary N) is 2. The zero-order valence-corrected chi connectivity index (χ0v) is 12.0. The van der Waals surface area contributed by atoms with Crippen LogP contribution in [0.2, 0.25) is 0 Å². The maximum Gasteiger partial charge on any atom is 0.220 e. The number of amides is 1. The Bertz CT molecular complexity index is 255. The number of aliphatic hydroxyl groups is 1. The third-order valence-electron chi connectivity index (χ3n) is 3.26. The molecule has 18 heavy (non-hydrogen) atoms. The largest absolute Gasteiger partial charge is 0.391 e. The first-order valence-corrected chi connectivity index (χ1v) is 7.02. The molecule has 1 rings (SSSR count). The minimum Gasteiger partial charge on any atom is -0.391 e. The fourth-order valence-electron chi connectivity index (χ4n) is 2.44. The molecule has 1 amide bonds. The highest BCUT2D eigenvalue weighted by Gasteiger charge is 2.19. The molecule has 0 saturated carbocycles. The minimum atomic E-state index is -0.446. The van der Waals surface area contributed by atoms with Crippen molar-refractivity contribution in [1.29, 1.82) is 0 Å². The van der Waals surface area contributed by atoms with Gasteiger partial charge in [0.15, 0.2) is 0 Å². The summed E-state index contributed by atoms with van der Waals surface area (Å²) in [6.07, 6.45) is 3.13. The van der Waals surface area contributed by atoms with Gasteiger partial charge in [-0.3, -0.25) is 4.79 Å². The van der Waals surface area contributed by atoms with Crippen LogP contribution >= 0.6 is 0 Å². The van der Waals surface area contributed by atoms with Crippen LogP contribution in [-0.2, 0) is 4.79 Å². The molecule has 3 N–H and O–H groups in total. The van der Waals surface area contributed by atoms with Gasteiger partial charge in [-0.2, -0.15) is 0 Å². The SMILES string of the molecule is CC(C)(C)CC(O)CNC(=O)CC1CCCNC1. The van der Waals surface area contributed by atoms with Gasteiger partial charge in [0.25, 0.3) is 0 Å². The molecule has 0 spiro atoms. The van der Waals surface area contributed by atoms with Crippen LogP contribution in [0.25, 0.3) is 0 Å². The van der Waals surface area contributed by atoms with Gasteiger partial charge in [-0.1, -0.05) is 20.8 Å². The molecule has 0 aromatic heterocycles. The summed E-state index contributed by atoms with van der Waals surface area (Å²) >= 11 is 0. The normalized spacial score (nSPS) is 22.6. The van der Waals surface area contributed by atoms with Crippen LogP contribution in [0.4, 0.5) is 0 Å². The fourth-order valence-corrected chi connectivity index (χ4v) is 2.44. The van der Waals surface area contributed by atoms with E-state index in [0.717, 1.165) is 25.9 Å². The zero-order valence-electron chi connectivity index (χ0n) is 12.0. The standard InChI is InChI=1S/C14H28N2O2/c1-14(2,3)8-12(17)10-16-13(18)7-11-5-4-6-15-9-11/h11-12,15,17H,4-10H2,1-3H3,(H,16,18). The second kappa shape index (κ2) is 7.10. The van der Waals surface area contributed by atoms with Gasteiger partial charge in [-0.05, 0) is 43.7 Å². The molecule has 4 nitrogen and oxygen atoms in total. The average molecular weight is 256 g/mol. The fraction of sp³-hybridized carbons (Fsp3) is 0.929. The van der Waals surface area contributed by atoms with E-state index in [1.807, 2.05) is 0 Å². The predicted octanol–water partition coefficient (Wildman–Crippen LogP) is 1.29. The van der Waals surface area contributed by atoms with Crippen LogP contribution in [-0.4, -0.2) is 36.8 Å². The van der Waals surface area contributed by atoms with Gasteiger partial charge < -0.3 is 15.7 Å². The summed E-state index contributed by atoms with van der Waals surface area (Å²) in [5.41, 5.74) is 0.0947. The Morgan fingerprint density at radius 2 is 2.22 bits per heavy atom. The van der Waals surface area contributed by atoms with E-state index in [0.29, 0.717) is 25.3 Å². The molecule has 1 saturated heterocycles. The number of hydrogen-bond acceptors (Lipinski definition) is 3. The molecule has 0 aromatic rings. The van der Waals surface area contributed by atoms with Crippen LogP contribution in [0.3, 0.4) is 0 Å². The Kier molecular flexibility index (Phi) is 6.09. The Morgan fingerprint density at radius 3 is 2.78 bits per heavy atom. The number of piperidine rings is 1. The van der Waals surface area contributed by atoms with Gasteiger partial charge in [0.1, 0.15) is 0 Å². The van der Waals surface area contributed by atoms with E-state index >= 15 is 0 Å². The Hall–Kier alpha value is -0.610. The van der Waals surface area contributed by atoms with Crippen LogP contribution in [0.1, 0.15) is 46.5 Å². The predicted molar refractivity (Wildman–Crippen MR) is 73.3 cm³/mol. The summed E-state index contributed by atoms with van der Waals surface area (Å²) in [6.45, 7) is 8.65. The number of hydrogen-bond donors (Lipinski definition) is 3. The first-order chi connectivity index (χ1) is 8.37. The van der Waals surface area contributed by atoms with E-state index in [1.54, 1.807) is 0 Å². The van der Waals surface area contributed by atoms with Crippen molar-refractivity contribution in [2.24, 2.45) is 11.3 Å². The van der Waals surface area contributed by atoms with Crippen molar-refractivity contribution in [3.05, 3.63) is 0 Å². The molecule has 2 atom stereocenters. The highest BCUT2D eigenvalue weighted by atomic mass is 16.3. The molecule has 0 aliphatic carbocycles. The van der Waals surface area contributed by atoms with Crippen molar-refractivity contribution < 1.29 is 9.90 Å². The quantitative estimate of drug-likeness (QED) is 0.694. The summed E-state index contributed by atoms with van der Waals surface area (Å²) in [5.74, 6) is 0.523. The van der Waals surface area contributed by atoms with E-state index in [1.165, 1.54) is 0 Å². The summed E-state index contributed by atoms with van der Waals surface area (Å²) in [4.78, 5) is 11.7. The maximum atomic E-state index is 11.7. The van der Waals surface area contributed by atoms with Gasteiger partial charge in [0.2, 0.25) is 5.91 Å². The third-order valence-corrected chi connectivity index (χ3v) is 3.26. The molecular weight excluding hydrogens is 228 g/mol. The lowest BCUT2D eigenvalue weighted by Crippen LogP contribution is -2.37. The average Bonchev–Trinajstić information content (AvgIpc) is 2.25. The first kappa shape index (κ1) is 15.4. The van der Waals surface area contributed by atoms with E-state index in [2.05, 4.69) is 31.4 Å². The van der Waals surface area contributed by atoms with Gasteiger partial charge in [0.05, 0.1) is 6.10 Å². The summed E-state index contributed by atoms with van der Waals surface area (Å²) in [5, 5.41) is 16.0. The molecule has 1 aliphatic heterocycles. The van der Waals surface area contributed by atoms with Crippen molar-refractivity contribution in [3.63, 3.8) is 0 Å². The van der Waals surface area contributed by atoms with E-state index < -0.39 is 6.10 Å². The molecule has 0 aromatic carbocycles. The van der Waals surface area contributed by atoms with Crippen LogP contribution < -0.4 is 10.6 Å². The number of aliphatic hydroxyl groups excluding tert-OH is 1. The highest BCUT2D eigenvalue weighted by molar-refractivity contribution is 5.76. The molecule has 0 bridgehead atoms. The first-order valence-electron chi connectivity index (χ1n) is 7.02. The summed E-state index contributed by atoms with van der Waals surface area (Å²) < 4.78 is 0. The lowest BCUT2D eigenvalue weighted by molar-refractivity contribution is -0.122. The minimum absolute atomic E-state index is 0.0664. The number of rotatable bonds is 5. The van der Waals surface area contributed by atoms with Gasteiger partial charge in [-0.15, -0.1) is 0 Å². The van der Waals surface area contributed by atoms with Crippen molar-refractivity contribution in [1.82, 2.24) is 10.6 Å². The molecule has 1 aliphatic rings. The third kappa shape index (κ3) is 6.97. The van der Waals surface area contributed by atoms with E-state index in [-0.39, 0.29) is 11.3 Å². The lowest BCUT2D eigenvalue weighted by Gasteiger charge is -2.24. The van der Waals surface area contributed by atoms with Crippen LogP contribution in [0.5, 0.6) is 0 Å².